The van der Waals surface area contributed by atoms with Gasteiger partial charge in [-0.05, 0) is 12.3 Å². The van der Waals surface area contributed by atoms with Crippen LogP contribution in [-0.2, 0) is 11.3 Å². The molecule has 0 saturated heterocycles. The molecule has 0 amide bonds. The molecule has 1 heterocycles. The lowest BCUT2D eigenvalue weighted by Crippen LogP contribution is -1.96. The summed E-state index contributed by atoms with van der Waals surface area (Å²) in [5.41, 5.74) is 6.45. The highest BCUT2D eigenvalue weighted by atomic mass is 32.1. The lowest BCUT2D eigenvalue weighted by atomic mass is 10.3. The minimum absolute atomic E-state index is 0.612. The van der Waals surface area contributed by atoms with E-state index in [1.165, 1.54) is 30.6 Å². The molecule has 1 saturated carbocycles. The number of nitrogen functional groups attached to an aromatic ring is 1. The van der Waals surface area contributed by atoms with E-state index in [2.05, 4.69) is 4.98 Å². The van der Waals surface area contributed by atoms with E-state index in [1.807, 2.05) is 5.38 Å². The van der Waals surface area contributed by atoms with Gasteiger partial charge in [-0.1, -0.05) is 12.8 Å². The second-order valence-electron chi connectivity index (χ2n) is 3.46. The Labute approximate surface area is 81.9 Å². The Morgan fingerprint density at radius 2 is 2.46 bits per heavy atom. The maximum atomic E-state index is 5.49. The number of thiazole rings is 1. The Balaban J connectivity index is 1.61. The molecular weight excluding hydrogens is 184 g/mol. The van der Waals surface area contributed by atoms with Crippen LogP contribution in [0.4, 0.5) is 5.13 Å². The zero-order chi connectivity index (χ0) is 9.10. The van der Waals surface area contributed by atoms with Crippen LogP contribution in [0.1, 0.15) is 25.0 Å². The molecule has 0 unspecified atom stereocenters. The third-order valence-corrected chi connectivity index (χ3v) is 2.91. The van der Waals surface area contributed by atoms with Crippen molar-refractivity contribution in [1.29, 1.82) is 0 Å². The van der Waals surface area contributed by atoms with Crippen LogP contribution < -0.4 is 5.73 Å². The SMILES string of the molecule is Nc1nc(COCCC2CC2)cs1. The molecule has 72 valence electrons. The standard InChI is InChI=1S/C9H14N2OS/c10-9-11-8(6-13-9)5-12-4-3-7-1-2-7/h6-7H,1-5H2,(H2,10,11). The van der Waals surface area contributed by atoms with Crippen LogP contribution in [0.5, 0.6) is 0 Å². The van der Waals surface area contributed by atoms with E-state index in [1.54, 1.807) is 0 Å². The predicted molar refractivity (Wildman–Crippen MR) is 53.5 cm³/mol. The van der Waals surface area contributed by atoms with Crippen molar-refractivity contribution >= 4 is 16.5 Å². The second-order valence-corrected chi connectivity index (χ2v) is 4.35. The maximum Gasteiger partial charge on any atom is 0.180 e. The Bertz CT molecular complexity index is 270. The molecule has 0 radical (unpaired) electrons. The van der Waals surface area contributed by atoms with Gasteiger partial charge in [0, 0.05) is 12.0 Å². The molecule has 1 aliphatic rings. The van der Waals surface area contributed by atoms with Gasteiger partial charge in [0.05, 0.1) is 12.3 Å². The third-order valence-electron chi connectivity index (χ3n) is 2.19. The number of nitrogens with two attached hydrogens (primary N) is 1. The molecule has 1 aromatic heterocycles. The zero-order valence-electron chi connectivity index (χ0n) is 7.53. The minimum atomic E-state index is 0.612. The second kappa shape index (κ2) is 4.07. The zero-order valence-corrected chi connectivity index (χ0v) is 8.35. The smallest absolute Gasteiger partial charge is 0.180 e. The van der Waals surface area contributed by atoms with Crippen LogP contribution in [0.3, 0.4) is 0 Å². The number of nitrogens with zero attached hydrogens (tertiary/aromatic N) is 1. The van der Waals surface area contributed by atoms with Gasteiger partial charge in [0.1, 0.15) is 0 Å². The first-order chi connectivity index (χ1) is 6.34. The molecule has 0 bridgehead atoms. The predicted octanol–water partition coefficient (Wildman–Crippen LogP) is 2.04. The molecule has 2 rings (SSSR count). The van der Waals surface area contributed by atoms with Crippen molar-refractivity contribution in [2.45, 2.75) is 25.9 Å². The summed E-state index contributed by atoms with van der Waals surface area (Å²) in [5.74, 6) is 0.945. The van der Waals surface area contributed by atoms with Crippen LogP contribution in [-0.4, -0.2) is 11.6 Å². The lowest BCUT2D eigenvalue weighted by molar-refractivity contribution is 0.113. The van der Waals surface area contributed by atoms with Crippen molar-refractivity contribution in [3.8, 4) is 0 Å². The molecule has 1 fully saturated rings. The van der Waals surface area contributed by atoms with Crippen molar-refractivity contribution in [3.63, 3.8) is 0 Å². The lowest BCUT2D eigenvalue weighted by Gasteiger charge is -1.99. The molecule has 3 nitrogen and oxygen atoms in total. The third kappa shape index (κ3) is 2.97. The van der Waals surface area contributed by atoms with E-state index in [-0.39, 0.29) is 0 Å². The molecule has 1 aromatic rings. The van der Waals surface area contributed by atoms with E-state index in [9.17, 15) is 0 Å². The summed E-state index contributed by atoms with van der Waals surface area (Å²) in [6.07, 6.45) is 4.00. The molecule has 1 aliphatic carbocycles. The van der Waals surface area contributed by atoms with Gasteiger partial charge in [-0.2, -0.15) is 0 Å². The first kappa shape index (κ1) is 8.97. The number of rotatable bonds is 5. The van der Waals surface area contributed by atoms with Gasteiger partial charge in [-0.15, -0.1) is 11.3 Å². The van der Waals surface area contributed by atoms with Gasteiger partial charge >= 0.3 is 0 Å². The van der Waals surface area contributed by atoms with Crippen LogP contribution in [0.15, 0.2) is 5.38 Å². The fraction of sp³-hybridized carbons (Fsp3) is 0.667. The fourth-order valence-electron chi connectivity index (χ4n) is 1.22. The van der Waals surface area contributed by atoms with Gasteiger partial charge in [-0.3, -0.25) is 0 Å². The van der Waals surface area contributed by atoms with Gasteiger partial charge in [0.15, 0.2) is 5.13 Å². The Morgan fingerprint density at radius 1 is 1.62 bits per heavy atom. The van der Waals surface area contributed by atoms with Crippen LogP contribution >= 0.6 is 11.3 Å². The summed E-state index contributed by atoms with van der Waals surface area (Å²) in [7, 11) is 0. The van der Waals surface area contributed by atoms with Crippen molar-refractivity contribution in [2.24, 2.45) is 5.92 Å². The number of anilines is 1. The summed E-state index contributed by atoms with van der Waals surface area (Å²) < 4.78 is 5.47. The highest BCUT2D eigenvalue weighted by Gasteiger charge is 2.20. The summed E-state index contributed by atoms with van der Waals surface area (Å²) in [6.45, 7) is 1.47. The average Bonchev–Trinajstić information content (AvgIpc) is 2.84. The number of aromatic nitrogens is 1. The topological polar surface area (TPSA) is 48.1 Å². The Kier molecular flexibility index (Phi) is 2.80. The number of ether oxygens (including phenoxy) is 1. The Hall–Kier alpha value is -0.610. The fourth-order valence-corrected chi connectivity index (χ4v) is 1.77. The minimum Gasteiger partial charge on any atom is -0.375 e. The summed E-state index contributed by atoms with van der Waals surface area (Å²) >= 11 is 1.47. The summed E-state index contributed by atoms with van der Waals surface area (Å²) in [5, 5.41) is 2.58. The maximum absolute atomic E-state index is 5.49. The van der Waals surface area contributed by atoms with E-state index in [0.717, 1.165) is 18.2 Å². The molecule has 4 heteroatoms. The Morgan fingerprint density at radius 3 is 3.08 bits per heavy atom. The molecular formula is C9H14N2OS. The van der Waals surface area contributed by atoms with Crippen molar-refractivity contribution in [3.05, 3.63) is 11.1 Å². The van der Waals surface area contributed by atoms with Gasteiger partial charge in [0.25, 0.3) is 0 Å². The van der Waals surface area contributed by atoms with Crippen LogP contribution in [0, 0.1) is 5.92 Å². The molecule has 13 heavy (non-hydrogen) atoms. The van der Waals surface area contributed by atoms with E-state index in [0.29, 0.717) is 11.7 Å². The highest BCUT2D eigenvalue weighted by Crippen LogP contribution is 2.32. The van der Waals surface area contributed by atoms with Crippen molar-refractivity contribution < 1.29 is 4.74 Å². The van der Waals surface area contributed by atoms with E-state index in [4.69, 9.17) is 10.5 Å². The van der Waals surface area contributed by atoms with Crippen molar-refractivity contribution in [2.75, 3.05) is 12.3 Å². The molecule has 2 N–H and O–H groups in total. The summed E-state index contributed by atoms with van der Waals surface area (Å²) in [6, 6.07) is 0. The number of hydrogen-bond donors (Lipinski definition) is 1. The van der Waals surface area contributed by atoms with Crippen LogP contribution in [0.2, 0.25) is 0 Å². The normalized spacial score (nSPS) is 16.3. The molecule has 0 atom stereocenters. The monoisotopic (exact) mass is 198 g/mol. The molecule has 0 aromatic carbocycles. The quantitative estimate of drug-likeness (QED) is 0.736. The van der Waals surface area contributed by atoms with Crippen LogP contribution in [0.25, 0.3) is 0 Å². The number of hydrogen-bond acceptors (Lipinski definition) is 4. The highest BCUT2D eigenvalue weighted by molar-refractivity contribution is 7.13. The van der Waals surface area contributed by atoms with Gasteiger partial charge in [-0.25, -0.2) is 4.98 Å². The van der Waals surface area contributed by atoms with Crippen molar-refractivity contribution in [1.82, 2.24) is 4.98 Å². The first-order valence-corrected chi connectivity index (χ1v) is 5.50. The average molecular weight is 198 g/mol. The van der Waals surface area contributed by atoms with Gasteiger partial charge in [0.2, 0.25) is 0 Å². The van der Waals surface area contributed by atoms with E-state index < -0.39 is 0 Å². The largest absolute Gasteiger partial charge is 0.375 e. The first-order valence-electron chi connectivity index (χ1n) is 4.62. The molecule has 0 aliphatic heterocycles. The van der Waals surface area contributed by atoms with E-state index >= 15 is 0 Å². The summed E-state index contributed by atoms with van der Waals surface area (Å²) in [4.78, 5) is 4.11. The van der Waals surface area contributed by atoms with Gasteiger partial charge < -0.3 is 10.5 Å². The molecule has 0 spiro atoms.